The maximum atomic E-state index is 12.1. The Morgan fingerprint density at radius 3 is 1.16 bits per heavy atom. The number of carboxylic acid groups (broad SMARTS) is 3. The normalized spacial score (nSPS) is 11.6. The van der Waals surface area contributed by atoms with Gasteiger partial charge >= 0.3 is 17.9 Å². The molecule has 348 valence electrons. The summed E-state index contributed by atoms with van der Waals surface area (Å²) in [6, 6.07) is 36.6. The number of phenolic OH excluding ortho intramolecular Hbond substituents is 6. The van der Waals surface area contributed by atoms with E-state index < -0.39 is 46.4 Å². The second-order valence-corrected chi connectivity index (χ2v) is 14.2. The monoisotopic (exact) mass is 930 g/mol. The first-order valence-electron chi connectivity index (χ1n) is 20.1. The van der Waals surface area contributed by atoms with Gasteiger partial charge in [-0.05, 0) is 125 Å². The van der Waals surface area contributed by atoms with Crippen LogP contribution in [0.15, 0.2) is 181 Å². The van der Waals surface area contributed by atoms with E-state index in [0.717, 1.165) is 24.3 Å². The summed E-state index contributed by atoms with van der Waals surface area (Å²) in [6.07, 6.45) is 11.1. The molecule has 0 saturated heterocycles. The lowest BCUT2D eigenvalue weighted by molar-refractivity contribution is -0.135. The Bertz CT molecular complexity index is 3020. The van der Waals surface area contributed by atoms with Crippen LogP contribution in [0.2, 0.25) is 0 Å². The summed E-state index contributed by atoms with van der Waals surface area (Å²) < 4.78 is 0. The average Bonchev–Trinajstić information content (AvgIpc) is 3.31. The predicted molar refractivity (Wildman–Crippen MR) is 258 cm³/mol. The van der Waals surface area contributed by atoms with Crippen LogP contribution >= 0.6 is 0 Å². The molecule has 0 saturated carbocycles. The van der Waals surface area contributed by atoms with Gasteiger partial charge in [0, 0.05) is 11.1 Å². The number of ketones is 3. The van der Waals surface area contributed by atoms with E-state index in [1.807, 2.05) is 0 Å². The third-order valence-electron chi connectivity index (χ3n) is 9.08. The molecule has 0 atom stereocenters. The molecule has 0 radical (unpaired) electrons. The summed E-state index contributed by atoms with van der Waals surface area (Å²) in [7, 11) is 0. The molecular weight excluding hydrogens is 889 g/mol. The summed E-state index contributed by atoms with van der Waals surface area (Å²) in [5, 5.41) is 84.0. The van der Waals surface area contributed by atoms with E-state index in [2.05, 4.69) is 0 Å². The van der Waals surface area contributed by atoms with Crippen molar-refractivity contribution in [2.75, 3.05) is 0 Å². The highest BCUT2D eigenvalue weighted by Crippen LogP contribution is 2.22. The fourth-order valence-electron chi connectivity index (χ4n) is 5.62. The lowest BCUT2D eigenvalue weighted by Gasteiger charge is -2.01. The fraction of sp³-hybridized carbons (Fsp3) is 0. The van der Waals surface area contributed by atoms with Gasteiger partial charge in [-0.25, -0.2) is 14.4 Å². The van der Waals surface area contributed by atoms with Crippen molar-refractivity contribution in [1.82, 2.24) is 0 Å². The third kappa shape index (κ3) is 17.1. The van der Waals surface area contributed by atoms with Gasteiger partial charge in [-0.1, -0.05) is 97.1 Å². The number of benzene rings is 6. The van der Waals surface area contributed by atoms with Crippen LogP contribution < -0.4 is 0 Å². The van der Waals surface area contributed by atoms with Crippen molar-refractivity contribution in [2.24, 2.45) is 0 Å². The van der Waals surface area contributed by atoms with Crippen molar-refractivity contribution in [2.45, 2.75) is 0 Å². The Labute approximate surface area is 393 Å². The largest absolute Gasteiger partial charge is 0.508 e. The maximum Gasteiger partial charge on any atom is 0.339 e. The number of hydrogen-bond acceptors (Lipinski definition) is 12. The standard InChI is InChI=1S/3C18H14O5/c19-14-6-1-12(2-7-14)5-10-17(21)16(18(22)23)11-13-3-8-15(20)9-4-13;19-14-5-1-3-12(9-14)7-8-17(21)16(18(22)23)11-13-4-2-6-15(20)10-13;19-15-7-3-1-5-12(15)9-10-17(21)14(18(22)23)11-13-6-2-4-8-16(13)20/h3*1-11,19-20H,(H,22,23). The molecule has 0 aliphatic rings. The third-order valence-corrected chi connectivity index (χ3v) is 9.08. The number of rotatable bonds is 15. The molecule has 15 nitrogen and oxygen atoms in total. The molecule has 69 heavy (non-hydrogen) atoms. The molecule has 9 N–H and O–H groups in total. The summed E-state index contributed by atoms with van der Waals surface area (Å²) in [4.78, 5) is 70.0. The number of phenols is 6. The zero-order chi connectivity index (χ0) is 50.5. The first-order valence-corrected chi connectivity index (χ1v) is 20.1. The van der Waals surface area contributed by atoms with E-state index in [9.17, 15) is 74.7 Å². The molecular formula is C54H42O15. The Morgan fingerprint density at radius 1 is 0.319 bits per heavy atom. The van der Waals surface area contributed by atoms with Gasteiger partial charge in [0.15, 0.2) is 17.3 Å². The number of aromatic hydroxyl groups is 6. The van der Waals surface area contributed by atoms with E-state index in [-0.39, 0.29) is 45.6 Å². The van der Waals surface area contributed by atoms with Gasteiger partial charge in [0.05, 0.1) is 0 Å². The van der Waals surface area contributed by atoms with Gasteiger partial charge in [-0.2, -0.15) is 0 Å². The van der Waals surface area contributed by atoms with E-state index in [1.165, 1.54) is 109 Å². The zero-order valence-electron chi connectivity index (χ0n) is 36.0. The Morgan fingerprint density at radius 2 is 0.696 bits per heavy atom. The lowest BCUT2D eigenvalue weighted by atomic mass is 10.0. The molecule has 0 unspecified atom stereocenters. The molecule has 0 aromatic heterocycles. The number of aliphatic carboxylic acids is 3. The van der Waals surface area contributed by atoms with Crippen molar-refractivity contribution in [3.8, 4) is 34.5 Å². The van der Waals surface area contributed by atoms with E-state index in [4.69, 9.17) is 0 Å². The summed E-state index contributed by atoms with van der Waals surface area (Å²) in [6.45, 7) is 0. The Hall–Kier alpha value is -10.0. The van der Waals surface area contributed by atoms with Crippen LogP contribution in [0.4, 0.5) is 0 Å². The van der Waals surface area contributed by atoms with Crippen molar-refractivity contribution >= 4 is 71.7 Å². The molecule has 0 aliphatic carbocycles. The highest BCUT2D eigenvalue weighted by atomic mass is 16.4. The molecule has 0 fully saturated rings. The van der Waals surface area contributed by atoms with Crippen molar-refractivity contribution in [3.63, 3.8) is 0 Å². The van der Waals surface area contributed by atoms with Crippen molar-refractivity contribution in [3.05, 3.63) is 214 Å². The van der Waals surface area contributed by atoms with Crippen LogP contribution in [-0.2, 0) is 28.8 Å². The van der Waals surface area contributed by atoms with Crippen molar-refractivity contribution < 1.29 is 74.7 Å². The van der Waals surface area contributed by atoms with Gasteiger partial charge in [0.2, 0.25) is 0 Å². The minimum absolute atomic E-state index is 0.0156. The van der Waals surface area contributed by atoms with Crippen LogP contribution in [0.3, 0.4) is 0 Å². The minimum atomic E-state index is -1.40. The minimum Gasteiger partial charge on any atom is -0.508 e. The van der Waals surface area contributed by atoms with Crippen LogP contribution in [-0.4, -0.2) is 81.2 Å². The van der Waals surface area contributed by atoms with E-state index in [1.54, 1.807) is 66.7 Å². The van der Waals surface area contributed by atoms with Crippen LogP contribution in [0, 0.1) is 0 Å². The van der Waals surface area contributed by atoms with E-state index >= 15 is 0 Å². The number of carbonyl (C=O) groups excluding carboxylic acids is 3. The molecule has 0 spiro atoms. The second kappa shape index (κ2) is 25.5. The SMILES string of the molecule is O=C(O)C(=Cc1ccc(O)cc1)C(=O)C=Cc1ccc(O)cc1.O=C(O)C(=Cc1cccc(O)c1)C(=O)C=Cc1cccc(O)c1.O=C(O)C(=Cc1ccccc1O)C(=O)C=Cc1ccccc1O. The number of allylic oxidation sites excluding steroid dienone is 3. The molecule has 6 aromatic carbocycles. The molecule has 6 aromatic rings. The highest BCUT2D eigenvalue weighted by molar-refractivity contribution is 6.26. The van der Waals surface area contributed by atoms with Gasteiger partial charge in [-0.3, -0.25) is 14.4 Å². The molecule has 15 heteroatoms. The average molecular weight is 931 g/mol. The molecule has 0 amide bonds. The number of para-hydroxylation sites is 2. The second-order valence-electron chi connectivity index (χ2n) is 14.2. The van der Waals surface area contributed by atoms with Crippen LogP contribution in [0.1, 0.15) is 33.4 Å². The molecule has 0 aliphatic heterocycles. The lowest BCUT2D eigenvalue weighted by Crippen LogP contribution is -2.09. The Balaban J connectivity index is 0.000000225. The Kier molecular flexibility index (Phi) is 19.0. The first kappa shape index (κ1) is 51.6. The topological polar surface area (TPSA) is 284 Å². The quantitative estimate of drug-likeness (QED) is 0.0265. The maximum absolute atomic E-state index is 12.1. The summed E-state index contributed by atoms with van der Waals surface area (Å²) >= 11 is 0. The predicted octanol–water partition coefficient (Wildman–Crippen LogP) is 8.54. The van der Waals surface area contributed by atoms with Gasteiger partial charge < -0.3 is 46.0 Å². The first-order chi connectivity index (χ1) is 32.9. The van der Waals surface area contributed by atoms with Gasteiger partial charge in [0.1, 0.15) is 51.2 Å². The molecule has 6 rings (SSSR count). The van der Waals surface area contributed by atoms with Gasteiger partial charge in [0.25, 0.3) is 0 Å². The fourth-order valence-corrected chi connectivity index (χ4v) is 5.62. The van der Waals surface area contributed by atoms with E-state index in [0.29, 0.717) is 27.8 Å². The summed E-state index contributed by atoms with van der Waals surface area (Å²) in [5.74, 6) is -6.14. The molecule has 0 bridgehead atoms. The van der Waals surface area contributed by atoms with Gasteiger partial charge in [-0.15, -0.1) is 0 Å². The zero-order valence-corrected chi connectivity index (χ0v) is 36.0. The van der Waals surface area contributed by atoms with Crippen molar-refractivity contribution in [1.29, 1.82) is 0 Å². The number of carboxylic acids is 3. The van der Waals surface area contributed by atoms with Crippen LogP contribution in [0.25, 0.3) is 36.5 Å². The highest BCUT2D eigenvalue weighted by Gasteiger charge is 2.17. The smallest absolute Gasteiger partial charge is 0.339 e. The number of hydrogen-bond donors (Lipinski definition) is 9. The molecule has 0 heterocycles. The summed E-state index contributed by atoms with van der Waals surface area (Å²) in [5.41, 5.74) is 1.46. The van der Waals surface area contributed by atoms with Crippen LogP contribution in [0.5, 0.6) is 34.5 Å². The number of carbonyl (C=O) groups is 6.